The Hall–Kier alpha value is -2.38. The summed E-state index contributed by atoms with van der Waals surface area (Å²) in [5.74, 6) is -1.20. The predicted octanol–water partition coefficient (Wildman–Crippen LogP) is 6.84. The molecular formula is C40H39Cl2F6SiZr. The maximum atomic E-state index is 13.4. The van der Waals surface area contributed by atoms with Gasteiger partial charge in [-0.3, -0.25) is 0 Å². The van der Waals surface area contributed by atoms with Gasteiger partial charge >= 0.3 is 289 Å². The zero-order valence-electron chi connectivity index (χ0n) is 28.3. The summed E-state index contributed by atoms with van der Waals surface area (Å²) in [7, 11) is 0. The molecule has 0 fully saturated rings. The normalized spacial score (nSPS) is 16.6. The van der Waals surface area contributed by atoms with E-state index in [1.54, 1.807) is 24.3 Å². The number of alkyl halides is 6. The van der Waals surface area contributed by atoms with Gasteiger partial charge in [-0.25, -0.2) is 0 Å². The van der Waals surface area contributed by atoms with Crippen LogP contribution >= 0.6 is 0 Å². The summed E-state index contributed by atoms with van der Waals surface area (Å²) < 4.78 is 81.0. The number of rotatable bonds is 9. The topological polar surface area (TPSA) is 0 Å². The predicted molar refractivity (Wildman–Crippen MR) is 184 cm³/mol. The summed E-state index contributed by atoms with van der Waals surface area (Å²) in [4.78, 5) is 0. The molecule has 0 saturated carbocycles. The molecule has 2 unspecified atom stereocenters. The molecule has 50 heavy (non-hydrogen) atoms. The van der Waals surface area contributed by atoms with Crippen molar-refractivity contribution in [3.8, 4) is 22.3 Å². The summed E-state index contributed by atoms with van der Waals surface area (Å²) >= 11 is -2.47. The molecule has 10 heteroatoms. The molecule has 2 atom stereocenters. The van der Waals surface area contributed by atoms with Crippen LogP contribution in [0.5, 0.6) is 0 Å². The Labute approximate surface area is 312 Å². The van der Waals surface area contributed by atoms with Crippen LogP contribution in [0.25, 0.3) is 34.4 Å². The molecular weight excluding hydrogens is 785 g/mol. The maximum absolute atomic E-state index is 13.4. The summed E-state index contributed by atoms with van der Waals surface area (Å²) in [6.07, 6.45) is -0.0701. The van der Waals surface area contributed by atoms with Crippen LogP contribution in [0.4, 0.5) is 26.3 Å². The molecule has 0 radical (unpaired) electrons. The van der Waals surface area contributed by atoms with Crippen LogP contribution in [-0.4, -0.2) is 5.92 Å². The molecule has 0 saturated heterocycles. The molecule has 4 aromatic carbocycles. The van der Waals surface area contributed by atoms with E-state index in [0.29, 0.717) is 7.25 Å². The molecule has 2 aliphatic rings. The second-order valence-electron chi connectivity index (χ2n) is 13.2. The summed E-state index contributed by atoms with van der Waals surface area (Å²) in [6.45, 7) is 9.41. The van der Waals surface area contributed by atoms with Gasteiger partial charge in [-0.2, -0.15) is 0 Å². The van der Waals surface area contributed by atoms with E-state index < -0.39 is 50.3 Å². The Bertz CT molecular complexity index is 1730. The fourth-order valence-electron chi connectivity index (χ4n) is 7.74. The van der Waals surface area contributed by atoms with Crippen molar-refractivity contribution in [3.05, 3.63) is 129 Å². The minimum Gasteiger partial charge on any atom is -1.00 e. The van der Waals surface area contributed by atoms with E-state index in [9.17, 15) is 26.3 Å². The van der Waals surface area contributed by atoms with Gasteiger partial charge in [0.15, 0.2) is 0 Å². The second-order valence-corrected chi connectivity index (χ2v) is 33.3. The number of hydrogen-bond acceptors (Lipinski definition) is 0. The van der Waals surface area contributed by atoms with Gasteiger partial charge in [-0.05, 0) is 0 Å². The van der Waals surface area contributed by atoms with Crippen LogP contribution < -0.4 is 24.8 Å². The Kier molecular flexibility index (Phi) is 13.0. The van der Waals surface area contributed by atoms with Crippen molar-refractivity contribution in [1.29, 1.82) is 0 Å². The van der Waals surface area contributed by atoms with Crippen LogP contribution in [0, 0.1) is 0 Å². The standard InChI is InChI=1S/2C19H16F3.C2H7Si.2ClH.Zr/c2*1-2-4-13-11-15-5-3-6-17(18(15)12-13)14-7-9-16(10-8-14)19(20,21)22;1-3-2;;;/h2*3,5-12H,2,4H2,1H3;3H,1-2H3;2*1H;/q;;;;;+2/p-2. The first-order valence-electron chi connectivity index (χ1n) is 16.7. The van der Waals surface area contributed by atoms with Crippen LogP contribution in [0.2, 0.25) is 13.1 Å². The van der Waals surface area contributed by atoms with Gasteiger partial charge < -0.3 is 24.8 Å². The SMILES string of the molecule is CCCC1=Cc2c(-c3ccc(C(F)(F)F)cc3)cccc2[CH]1[Zr+2]([CH]1C(CCC)=Cc2c(-c3ccc(C(F)(F)F)cc3)cccc21)[SiH](C)C.[Cl-].[Cl-]. The molecule has 0 amide bonds. The third-order valence-corrected chi connectivity index (χ3v) is 31.5. The van der Waals surface area contributed by atoms with Crippen molar-refractivity contribution in [3.63, 3.8) is 0 Å². The Morgan fingerprint density at radius 2 is 0.920 bits per heavy atom. The summed E-state index contributed by atoms with van der Waals surface area (Å²) in [5, 5.41) is 0. The van der Waals surface area contributed by atoms with Crippen molar-refractivity contribution in [2.75, 3.05) is 0 Å². The minimum atomic E-state index is -4.38. The number of fused-ring (bicyclic) bond motifs is 2. The molecule has 0 bridgehead atoms. The number of allylic oxidation sites excluding steroid dienone is 2. The zero-order valence-corrected chi connectivity index (χ0v) is 33.4. The maximum Gasteiger partial charge on any atom is -1.00 e. The third-order valence-electron chi connectivity index (χ3n) is 9.76. The number of halogens is 8. The van der Waals surface area contributed by atoms with Crippen molar-refractivity contribution in [2.24, 2.45) is 0 Å². The van der Waals surface area contributed by atoms with Crippen molar-refractivity contribution >= 4 is 18.1 Å². The van der Waals surface area contributed by atoms with Crippen LogP contribution in [-0.2, 0) is 33.3 Å². The molecule has 0 aliphatic heterocycles. The quantitative estimate of drug-likeness (QED) is 0.128. The van der Waals surface area contributed by atoms with Gasteiger partial charge in [0.2, 0.25) is 0 Å². The largest absolute Gasteiger partial charge is 1.00 e. The third kappa shape index (κ3) is 7.84. The molecule has 0 aromatic heterocycles. The average Bonchev–Trinajstić information content (AvgIpc) is 3.59. The monoisotopic (exact) mass is 821 g/mol. The van der Waals surface area contributed by atoms with Crippen LogP contribution in [0.3, 0.4) is 0 Å². The fraction of sp³-hybridized carbons (Fsp3) is 0.300. The first kappa shape index (κ1) is 40.4. The zero-order chi connectivity index (χ0) is 34.4. The second kappa shape index (κ2) is 16.1. The van der Waals surface area contributed by atoms with E-state index in [-0.39, 0.29) is 24.8 Å². The van der Waals surface area contributed by atoms with E-state index in [1.165, 1.54) is 46.5 Å². The molecule has 0 heterocycles. The molecule has 0 nitrogen and oxygen atoms in total. The Morgan fingerprint density at radius 1 is 0.560 bits per heavy atom. The van der Waals surface area contributed by atoms with Gasteiger partial charge in [0.25, 0.3) is 0 Å². The molecule has 0 N–H and O–H groups in total. The van der Waals surface area contributed by atoms with Gasteiger partial charge in [-0.15, -0.1) is 0 Å². The molecule has 2 aliphatic carbocycles. The van der Waals surface area contributed by atoms with Gasteiger partial charge in [0.1, 0.15) is 0 Å². The van der Waals surface area contributed by atoms with Crippen molar-refractivity contribution in [2.45, 2.75) is 72.2 Å². The average molecular weight is 824 g/mol. The summed E-state index contributed by atoms with van der Waals surface area (Å²) in [6, 6.07) is 23.8. The van der Waals surface area contributed by atoms with Gasteiger partial charge in [0.05, 0.1) is 0 Å². The van der Waals surface area contributed by atoms with E-state index in [2.05, 4.69) is 63.4 Å². The summed E-state index contributed by atoms with van der Waals surface area (Å²) in [5.41, 5.74) is 10.1. The molecule has 6 rings (SSSR count). The Balaban J connectivity index is 0.00000281. The molecule has 0 spiro atoms. The van der Waals surface area contributed by atoms with E-state index in [1.807, 2.05) is 12.1 Å². The molecule has 4 aromatic rings. The van der Waals surface area contributed by atoms with Crippen LogP contribution in [0.1, 0.15) is 80.2 Å². The first-order valence-corrected chi connectivity index (χ1v) is 26.7. The smallest absolute Gasteiger partial charge is 1.00 e. The van der Waals surface area contributed by atoms with Crippen molar-refractivity contribution in [1.82, 2.24) is 0 Å². The minimum absolute atomic E-state index is 0. The van der Waals surface area contributed by atoms with Gasteiger partial charge in [0, 0.05) is 0 Å². The van der Waals surface area contributed by atoms with E-state index in [0.717, 1.165) is 59.1 Å². The molecule has 263 valence electrons. The van der Waals surface area contributed by atoms with Crippen LogP contribution in [0.15, 0.2) is 96.1 Å². The van der Waals surface area contributed by atoms with Crippen molar-refractivity contribution < 1.29 is 72.1 Å². The number of benzene rings is 4. The van der Waals surface area contributed by atoms with Gasteiger partial charge in [-0.1, -0.05) is 0 Å². The van der Waals surface area contributed by atoms with E-state index in [4.69, 9.17) is 0 Å². The first-order chi connectivity index (χ1) is 22.8. The Morgan fingerprint density at radius 3 is 1.22 bits per heavy atom. The van der Waals surface area contributed by atoms with E-state index >= 15 is 0 Å². The number of hydrogen-bond donors (Lipinski definition) is 0. The fourth-order valence-corrected chi connectivity index (χ4v) is 30.6.